The number of halogens is 1. The molecule has 128 valence electrons. The third-order valence-corrected chi connectivity index (χ3v) is 5.05. The summed E-state index contributed by atoms with van der Waals surface area (Å²) in [4.78, 5) is 15.4. The summed E-state index contributed by atoms with van der Waals surface area (Å²) in [5, 5.41) is 5.06. The number of rotatable bonds is 6. The Morgan fingerprint density at radius 1 is 1.25 bits per heavy atom. The second kappa shape index (κ2) is 8.15. The maximum absolute atomic E-state index is 12.8. The molecule has 1 aromatic heterocycles. The molecule has 2 amide bonds. The SMILES string of the molecule is O=C(NCCCCOc1ccc(F)cc1)N1CCc2sccc2C1. The fourth-order valence-corrected chi connectivity index (χ4v) is 3.57. The van der Waals surface area contributed by atoms with Gasteiger partial charge in [0.2, 0.25) is 0 Å². The van der Waals surface area contributed by atoms with Crippen molar-refractivity contribution in [2.75, 3.05) is 19.7 Å². The molecular formula is C18H21FN2O2S. The maximum atomic E-state index is 12.8. The maximum Gasteiger partial charge on any atom is 0.317 e. The quantitative estimate of drug-likeness (QED) is 0.807. The molecule has 0 saturated carbocycles. The first-order chi connectivity index (χ1) is 11.7. The van der Waals surface area contributed by atoms with Crippen molar-refractivity contribution in [3.63, 3.8) is 0 Å². The van der Waals surface area contributed by atoms with Crippen LogP contribution in [0.5, 0.6) is 5.75 Å². The van der Waals surface area contributed by atoms with Gasteiger partial charge in [0.25, 0.3) is 0 Å². The third kappa shape index (κ3) is 4.47. The third-order valence-electron chi connectivity index (χ3n) is 4.02. The number of hydrogen-bond acceptors (Lipinski definition) is 3. The summed E-state index contributed by atoms with van der Waals surface area (Å²) in [7, 11) is 0. The molecule has 24 heavy (non-hydrogen) atoms. The van der Waals surface area contributed by atoms with Crippen molar-refractivity contribution in [1.29, 1.82) is 0 Å². The zero-order chi connectivity index (χ0) is 16.8. The minimum atomic E-state index is -0.266. The normalized spacial score (nSPS) is 13.5. The Hall–Kier alpha value is -2.08. The zero-order valence-corrected chi connectivity index (χ0v) is 14.3. The summed E-state index contributed by atoms with van der Waals surface area (Å²) in [5.41, 5.74) is 1.27. The van der Waals surface area contributed by atoms with Crippen LogP contribution in [-0.2, 0) is 13.0 Å². The van der Waals surface area contributed by atoms with Crippen molar-refractivity contribution < 1.29 is 13.9 Å². The molecule has 1 aliphatic heterocycles. The smallest absolute Gasteiger partial charge is 0.317 e. The van der Waals surface area contributed by atoms with Gasteiger partial charge >= 0.3 is 6.03 Å². The lowest BCUT2D eigenvalue weighted by Crippen LogP contribution is -2.42. The van der Waals surface area contributed by atoms with Crippen LogP contribution >= 0.6 is 11.3 Å². The number of nitrogens with zero attached hydrogens (tertiary/aromatic N) is 1. The number of carbonyl (C=O) groups is 1. The molecule has 0 saturated heterocycles. The minimum absolute atomic E-state index is 0.00584. The number of ether oxygens (including phenoxy) is 1. The summed E-state index contributed by atoms with van der Waals surface area (Å²) in [6.07, 6.45) is 2.64. The van der Waals surface area contributed by atoms with E-state index in [-0.39, 0.29) is 11.8 Å². The lowest BCUT2D eigenvalue weighted by atomic mass is 10.1. The van der Waals surface area contributed by atoms with E-state index in [2.05, 4.69) is 16.8 Å². The van der Waals surface area contributed by atoms with Gasteiger partial charge in [-0.1, -0.05) is 0 Å². The molecule has 0 unspecified atom stereocenters. The van der Waals surface area contributed by atoms with Crippen LogP contribution in [0.4, 0.5) is 9.18 Å². The second-order valence-electron chi connectivity index (χ2n) is 5.78. The molecule has 6 heteroatoms. The van der Waals surface area contributed by atoms with Crippen LogP contribution in [0.1, 0.15) is 23.3 Å². The van der Waals surface area contributed by atoms with Crippen molar-refractivity contribution >= 4 is 17.4 Å². The Labute approximate surface area is 145 Å². The van der Waals surface area contributed by atoms with Gasteiger partial charge in [0.05, 0.1) is 6.61 Å². The van der Waals surface area contributed by atoms with E-state index < -0.39 is 0 Å². The first kappa shape index (κ1) is 16.8. The van der Waals surface area contributed by atoms with Crippen LogP contribution in [0.25, 0.3) is 0 Å². The van der Waals surface area contributed by atoms with Gasteiger partial charge < -0.3 is 15.0 Å². The number of unbranched alkanes of at least 4 members (excludes halogenated alkanes) is 1. The average Bonchev–Trinajstić information content (AvgIpc) is 3.07. The van der Waals surface area contributed by atoms with E-state index in [0.29, 0.717) is 25.4 Å². The standard InChI is InChI=1S/C18H21FN2O2S/c19-15-3-5-16(6-4-15)23-11-2-1-9-20-18(22)21-10-7-17-14(13-21)8-12-24-17/h3-6,8,12H,1-2,7,9-11,13H2,(H,20,22). The van der Waals surface area contributed by atoms with E-state index >= 15 is 0 Å². The molecule has 3 rings (SSSR count). The van der Waals surface area contributed by atoms with Crippen molar-refractivity contribution in [2.45, 2.75) is 25.8 Å². The Balaban J connectivity index is 1.29. The van der Waals surface area contributed by atoms with Crippen LogP contribution in [0, 0.1) is 5.82 Å². The van der Waals surface area contributed by atoms with Crippen molar-refractivity contribution in [3.8, 4) is 5.75 Å². The zero-order valence-electron chi connectivity index (χ0n) is 13.5. The highest BCUT2D eigenvalue weighted by molar-refractivity contribution is 7.10. The first-order valence-corrected chi connectivity index (χ1v) is 9.07. The molecule has 0 spiro atoms. The molecule has 4 nitrogen and oxygen atoms in total. The predicted octanol–water partition coefficient (Wildman–Crippen LogP) is 3.81. The second-order valence-corrected chi connectivity index (χ2v) is 6.78. The monoisotopic (exact) mass is 348 g/mol. The number of urea groups is 1. The number of thiophene rings is 1. The fourth-order valence-electron chi connectivity index (χ4n) is 2.68. The van der Waals surface area contributed by atoms with Gasteiger partial charge in [0.15, 0.2) is 0 Å². The molecule has 0 fully saturated rings. The molecule has 1 aromatic carbocycles. The number of carbonyl (C=O) groups excluding carboxylic acids is 1. The van der Waals surface area contributed by atoms with Crippen molar-refractivity contribution in [2.24, 2.45) is 0 Å². The Kier molecular flexibility index (Phi) is 5.69. The highest BCUT2D eigenvalue weighted by atomic mass is 32.1. The first-order valence-electron chi connectivity index (χ1n) is 8.19. The van der Waals surface area contributed by atoms with Gasteiger partial charge in [-0.15, -0.1) is 11.3 Å². The van der Waals surface area contributed by atoms with Crippen LogP contribution in [0.2, 0.25) is 0 Å². The average molecular weight is 348 g/mol. The summed E-state index contributed by atoms with van der Waals surface area (Å²) >= 11 is 1.77. The van der Waals surface area contributed by atoms with Gasteiger partial charge in [-0.05, 0) is 60.5 Å². The minimum Gasteiger partial charge on any atom is -0.494 e. The number of benzene rings is 1. The van der Waals surface area contributed by atoms with E-state index in [4.69, 9.17) is 4.74 Å². The van der Waals surface area contributed by atoms with Crippen molar-refractivity contribution in [1.82, 2.24) is 10.2 Å². The van der Waals surface area contributed by atoms with E-state index in [0.717, 1.165) is 25.8 Å². The lowest BCUT2D eigenvalue weighted by molar-refractivity contribution is 0.192. The Morgan fingerprint density at radius 2 is 2.08 bits per heavy atom. The highest BCUT2D eigenvalue weighted by Crippen LogP contribution is 2.23. The summed E-state index contributed by atoms with van der Waals surface area (Å²) in [5.74, 6) is 0.401. The molecule has 0 aliphatic carbocycles. The Bertz CT molecular complexity index is 672. The summed E-state index contributed by atoms with van der Waals surface area (Å²) in [6.45, 7) is 2.69. The molecule has 2 heterocycles. The molecule has 0 atom stereocenters. The highest BCUT2D eigenvalue weighted by Gasteiger charge is 2.20. The van der Waals surface area contributed by atoms with E-state index in [1.165, 1.54) is 22.6 Å². The number of fused-ring (bicyclic) bond motifs is 1. The molecule has 2 aromatic rings. The summed E-state index contributed by atoms with van der Waals surface area (Å²) in [6, 6.07) is 8.11. The van der Waals surface area contributed by atoms with E-state index in [1.807, 2.05) is 4.90 Å². The van der Waals surface area contributed by atoms with Gasteiger partial charge in [-0.2, -0.15) is 0 Å². The predicted molar refractivity (Wildman–Crippen MR) is 93.0 cm³/mol. The molecular weight excluding hydrogens is 327 g/mol. The molecule has 0 radical (unpaired) electrons. The van der Waals surface area contributed by atoms with Crippen LogP contribution < -0.4 is 10.1 Å². The lowest BCUT2D eigenvalue weighted by Gasteiger charge is -2.27. The molecule has 1 aliphatic rings. The van der Waals surface area contributed by atoms with Gasteiger partial charge in [-0.25, -0.2) is 9.18 Å². The number of amides is 2. The number of hydrogen-bond donors (Lipinski definition) is 1. The Morgan fingerprint density at radius 3 is 2.92 bits per heavy atom. The largest absolute Gasteiger partial charge is 0.494 e. The van der Waals surface area contributed by atoms with Crippen molar-refractivity contribution in [3.05, 3.63) is 52.0 Å². The number of nitrogens with one attached hydrogen (secondary N) is 1. The fraction of sp³-hybridized carbons (Fsp3) is 0.389. The van der Waals surface area contributed by atoms with Crippen LogP contribution in [0.3, 0.4) is 0 Å². The topological polar surface area (TPSA) is 41.6 Å². The summed E-state index contributed by atoms with van der Waals surface area (Å²) < 4.78 is 18.3. The van der Waals surface area contributed by atoms with Crippen LogP contribution in [-0.4, -0.2) is 30.6 Å². The van der Waals surface area contributed by atoms with Gasteiger partial charge in [0.1, 0.15) is 11.6 Å². The van der Waals surface area contributed by atoms with E-state index in [1.54, 1.807) is 23.5 Å². The van der Waals surface area contributed by atoms with Gasteiger partial charge in [-0.3, -0.25) is 0 Å². The molecule has 0 bridgehead atoms. The van der Waals surface area contributed by atoms with E-state index in [9.17, 15) is 9.18 Å². The van der Waals surface area contributed by atoms with Gasteiger partial charge in [0, 0.05) is 24.5 Å². The molecule has 1 N–H and O–H groups in total. The van der Waals surface area contributed by atoms with Crippen LogP contribution in [0.15, 0.2) is 35.7 Å².